The molecule has 0 amide bonds. The first-order valence-corrected chi connectivity index (χ1v) is 7.71. The smallest absolute Gasteiger partial charge is 0.224 e. The van der Waals surface area contributed by atoms with Crippen LogP contribution in [0, 0.1) is 11.3 Å². The fourth-order valence-corrected chi connectivity index (χ4v) is 2.87. The second-order valence-electron chi connectivity index (χ2n) is 6.16. The van der Waals surface area contributed by atoms with E-state index in [-0.39, 0.29) is 12.4 Å². The lowest BCUT2D eigenvalue weighted by Crippen LogP contribution is -2.41. The molecular formula is C14H17N7O3. The van der Waals surface area contributed by atoms with Crippen LogP contribution in [0.15, 0.2) is 6.33 Å². The van der Waals surface area contributed by atoms with E-state index in [0.29, 0.717) is 23.0 Å². The van der Waals surface area contributed by atoms with Gasteiger partial charge in [0.15, 0.2) is 17.0 Å². The highest BCUT2D eigenvalue weighted by Crippen LogP contribution is 2.38. The number of aliphatic hydroxyl groups is 2. The topological polar surface area (TPSA) is 155 Å². The molecule has 5 N–H and O–H groups in total. The molecule has 126 valence electrons. The van der Waals surface area contributed by atoms with Crippen molar-refractivity contribution in [3.05, 3.63) is 6.33 Å². The number of ether oxygens (including phenoxy) is 1. The molecule has 2 fully saturated rings. The molecule has 1 aliphatic heterocycles. The molecule has 10 heteroatoms. The van der Waals surface area contributed by atoms with Gasteiger partial charge in [-0.1, -0.05) is 0 Å². The lowest BCUT2D eigenvalue weighted by atomic mass is 10.00. The maximum absolute atomic E-state index is 10.1. The maximum atomic E-state index is 10.1. The van der Waals surface area contributed by atoms with Crippen LogP contribution < -0.4 is 11.1 Å². The molecule has 3 heterocycles. The first kappa shape index (κ1) is 15.1. The second kappa shape index (κ2) is 5.27. The average Bonchev–Trinajstić information content (AvgIpc) is 3.17. The summed E-state index contributed by atoms with van der Waals surface area (Å²) in [7, 11) is 0. The number of imidazole rings is 1. The van der Waals surface area contributed by atoms with Crippen molar-refractivity contribution in [2.75, 3.05) is 17.7 Å². The summed E-state index contributed by atoms with van der Waals surface area (Å²) in [5.41, 5.74) is 5.15. The van der Waals surface area contributed by atoms with Crippen molar-refractivity contribution in [2.45, 2.75) is 43.2 Å². The van der Waals surface area contributed by atoms with Crippen LogP contribution in [0.5, 0.6) is 0 Å². The Labute approximate surface area is 136 Å². The normalized spacial score (nSPS) is 29.7. The summed E-state index contributed by atoms with van der Waals surface area (Å²) in [6.45, 7) is -0.598. The Morgan fingerprint density at radius 3 is 2.92 bits per heavy atom. The fourth-order valence-electron chi connectivity index (χ4n) is 2.87. The van der Waals surface area contributed by atoms with Crippen molar-refractivity contribution >= 4 is 22.9 Å². The largest absolute Gasteiger partial charge is 0.392 e. The van der Waals surface area contributed by atoms with E-state index in [0.717, 1.165) is 12.8 Å². The number of nitriles is 1. The van der Waals surface area contributed by atoms with Gasteiger partial charge in [-0.05, 0) is 12.8 Å². The van der Waals surface area contributed by atoms with Gasteiger partial charge in [-0.2, -0.15) is 15.2 Å². The van der Waals surface area contributed by atoms with Gasteiger partial charge in [-0.25, -0.2) is 4.98 Å². The third-order valence-electron chi connectivity index (χ3n) is 4.40. The molecule has 1 unspecified atom stereocenters. The summed E-state index contributed by atoms with van der Waals surface area (Å²) in [6.07, 6.45) is 2.00. The van der Waals surface area contributed by atoms with Crippen LogP contribution in [0.2, 0.25) is 0 Å². The number of aromatic nitrogens is 4. The molecule has 10 nitrogen and oxygen atoms in total. The lowest BCUT2D eigenvalue weighted by Gasteiger charge is -2.21. The SMILES string of the molecule is N#C[C@]1(CO)OC(n2cnc3c(NC4CC4)nc(N)nc32)C[C@@H]1O. The quantitative estimate of drug-likeness (QED) is 0.581. The van der Waals surface area contributed by atoms with Gasteiger partial charge >= 0.3 is 0 Å². The zero-order valence-electron chi connectivity index (χ0n) is 12.8. The zero-order valence-corrected chi connectivity index (χ0v) is 12.8. The maximum Gasteiger partial charge on any atom is 0.224 e. The van der Waals surface area contributed by atoms with Crippen LogP contribution in [0.4, 0.5) is 11.8 Å². The predicted octanol–water partition coefficient (Wildman–Crippen LogP) is -0.483. The monoisotopic (exact) mass is 331 g/mol. The van der Waals surface area contributed by atoms with Crippen molar-refractivity contribution in [3.63, 3.8) is 0 Å². The zero-order chi connectivity index (χ0) is 16.9. The van der Waals surface area contributed by atoms with E-state index in [1.165, 1.54) is 6.33 Å². The molecule has 2 aliphatic rings. The standard InChI is InChI=1S/C14H17N7O3/c15-4-14(5-22)8(23)3-9(24-14)21-6-17-10-11(18-7-1-2-7)19-13(16)20-12(10)21/h6-9,22-23H,1-3,5H2,(H3,16,18,19,20)/t8-,9?,14+/m0/s1. The van der Waals surface area contributed by atoms with Gasteiger partial charge in [0.1, 0.15) is 18.4 Å². The van der Waals surface area contributed by atoms with Crippen LogP contribution in [-0.2, 0) is 4.74 Å². The highest BCUT2D eigenvalue weighted by atomic mass is 16.6. The number of hydrogen-bond donors (Lipinski definition) is 4. The summed E-state index contributed by atoms with van der Waals surface area (Å²) in [6, 6.07) is 2.22. The number of rotatable bonds is 4. The van der Waals surface area contributed by atoms with Gasteiger partial charge in [0.2, 0.25) is 11.5 Å². The molecule has 0 bridgehead atoms. The summed E-state index contributed by atoms with van der Waals surface area (Å²) >= 11 is 0. The van der Waals surface area contributed by atoms with E-state index in [4.69, 9.17) is 10.5 Å². The summed E-state index contributed by atoms with van der Waals surface area (Å²) in [4.78, 5) is 12.7. The number of hydrogen-bond acceptors (Lipinski definition) is 9. The molecule has 2 aromatic heterocycles. The Bertz CT molecular complexity index is 828. The number of nitrogens with zero attached hydrogens (tertiary/aromatic N) is 5. The van der Waals surface area contributed by atoms with Crippen molar-refractivity contribution in [2.24, 2.45) is 0 Å². The second-order valence-corrected chi connectivity index (χ2v) is 6.16. The summed E-state index contributed by atoms with van der Waals surface area (Å²) in [5, 5.41) is 32.0. The first-order valence-electron chi connectivity index (χ1n) is 7.71. The third-order valence-corrected chi connectivity index (χ3v) is 4.40. The minimum Gasteiger partial charge on any atom is -0.392 e. The molecule has 0 radical (unpaired) electrons. The number of nitrogen functional groups attached to an aromatic ring is 1. The number of fused-ring (bicyclic) bond motifs is 1. The number of nitrogens with two attached hydrogens (primary N) is 1. The van der Waals surface area contributed by atoms with E-state index in [9.17, 15) is 15.5 Å². The molecule has 0 spiro atoms. The van der Waals surface area contributed by atoms with Gasteiger partial charge in [0.05, 0.1) is 12.9 Å². The highest BCUT2D eigenvalue weighted by molar-refractivity contribution is 5.84. The van der Waals surface area contributed by atoms with Crippen LogP contribution >= 0.6 is 0 Å². The molecule has 2 aromatic rings. The van der Waals surface area contributed by atoms with Crippen molar-refractivity contribution in [1.29, 1.82) is 5.26 Å². The molecule has 1 saturated carbocycles. The predicted molar refractivity (Wildman–Crippen MR) is 82.6 cm³/mol. The number of aliphatic hydroxyl groups excluding tert-OH is 2. The Hall–Kier alpha value is -2.48. The van der Waals surface area contributed by atoms with Crippen LogP contribution in [-0.4, -0.2) is 54.1 Å². The molecular weight excluding hydrogens is 314 g/mol. The van der Waals surface area contributed by atoms with Gasteiger partial charge in [-0.3, -0.25) is 4.57 Å². The Morgan fingerprint density at radius 1 is 1.50 bits per heavy atom. The van der Waals surface area contributed by atoms with E-state index in [2.05, 4.69) is 20.3 Å². The van der Waals surface area contributed by atoms with E-state index in [1.54, 1.807) is 4.57 Å². The molecule has 3 atom stereocenters. The van der Waals surface area contributed by atoms with Gasteiger partial charge in [0, 0.05) is 12.5 Å². The van der Waals surface area contributed by atoms with Crippen molar-refractivity contribution < 1.29 is 14.9 Å². The Morgan fingerprint density at radius 2 is 2.29 bits per heavy atom. The third kappa shape index (κ3) is 2.25. The van der Waals surface area contributed by atoms with E-state index in [1.807, 2.05) is 6.07 Å². The summed E-state index contributed by atoms with van der Waals surface area (Å²) in [5.74, 6) is 0.658. The van der Waals surface area contributed by atoms with E-state index >= 15 is 0 Å². The Kier molecular flexibility index (Phi) is 3.31. The average molecular weight is 331 g/mol. The highest BCUT2D eigenvalue weighted by Gasteiger charge is 2.49. The van der Waals surface area contributed by atoms with Crippen LogP contribution in [0.1, 0.15) is 25.5 Å². The Balaban J connectivity index is 1.73. The molecule has 0 aromatic carbocycles. The first-order chi connectivity index (χ1) is 11.6. The van der Waals surface area contributed by atoms with Gasteiger partial charge in [-0.15, -0.1) is 0 Å². The van der Waals surface area contributed by atoms with Crippen molar-refractivity contribution in [3.8, 4) is 6.07 Å². The van der Waals surface area contributed by atoms with Gasteiger partial charge < -0.3 is 26.0 Å². The van der Waals surface area contributed by atoms with Gasteiger partial charge in [0.25, 0.3) is 0 Å². The van der Waals surface area contributed by atoms with E-state index < -0.39 is 24.5 Å². The minimum atomic E-state index is -1.64. The van der Waals surface area contributed by atoms with Crippen LogP contribution in [0.3, 0.4) is 0 Å². The minimum absolute atomic E-state index is 0.0969. The molecule has 4 rings (SSSR count). The van der Waals surface area contributed by atoms with Crippen LogP contribution in [0.25, 0.3) is 11.2 Å². The van der Waals surface area contributed by atoms with Crippen molar-refractivity contribution in [1.82, 2.24) is 19.5 Å². The lowest BCUT2D eigenvalue weighted by molar-refractivity contribution is -0.0904. The molecule has 24 heavy (non-hydrogen) atoms. The number of anilines is 2. The molecule has 1 saturated heterocycles. The fraction of sp³-hybridized carbons (Fsp3) is 0.571. The molecule has 1 aliphatic carbocycles. The number of nitrogens with one attached hydrogen (secondary N) is 1. The summed E-state index contributed by atoms with van der Waals surface area (Å²) < 4.78 is 7.23.